The van der Waals surface area contributed by atoms with E-state index >= 15 is 0 Å². The van der Waals surface area contributed by atoms with Crippen LogP contribution in [0.25, 0.3) is 0 Å². The molecule has 11 heteroatoms. The molecule has 0 amide bonds. The second-order valence-electron chi connectivity index (χ2n) is 7.92. The van der Waals surface area contributed by atoms with Gasteiger partial charge in [-0.25, -0.2) is 9.18 Å². The molecule has 186 valence electrons. The lowest BCUT2D eigenvalue weighted by Crippen LogP contribution is -2.28. The monoisotopic (exact) mass is 494 g/mol. The Labute approximate surface area is 190 Å². The highest BCUT2D eigenvalue weighted by Gasteiger charge is 2.42. The Hall–Kier alpha value is -2.82. The fraction of sp³-hybridized carbons (Fsp3) is 0.435. The van der Waals surface area contributed by atoms with E-state index in [0.29, 0.717) is 30.5 Å². The molecule has 0 aliphatic heterocycles. The number of methoxy groups -OCH3 is 1. The van der Waals surface area contributed by atoms with Crippen LogP contribution in [-0.2, 0) is 26.6 Å². The molecule has 1 aliphatic rings. The summed E-state index contributed by atoms with van der Waals surface area (Å²) in [7, 11) is 1.12. The van der Waals surface area contributed by atoms with Crippen molar-refractivity contribution in [2.45, 2.75) is 56.3 Å². The highest BCUT2D eigenvalue weighted by molar-refractivity contribution is 5.60. The predicted molar refractivity (Wildman–Crippen MR) is 105 cm³/mol. The van der Waals surface area contributed by atoms with Crippen LogP contribution in [0.1, 0.15) is 54.0 Å². The second kappa shape index (κ2) is 9.81. The van der Waals surface area contributed by atoms with Crippen LogP contribution >= 0.6 is 0 Å². The minimum Gasteiger partial charge on any atom is -0.438 e. The Kier molecular flexibility index (Phi) is 7.44. The van der Waals surface area contributed by atoms with Crippen molar-refractivity contribution < 1.29 is 49.7 Å². The van der Waals surface area contributed by atoms with Crippen LogP contribution in [0.15, 0.2) is 42.5 Å². The number of hydrogen-bond donors (Lipinski definition) is 0. The molecule has 0 spiro atoms. The van der Waals surface area contributed by atoms with E-state index in [-0.39, 0.29) is 11.6 Å². The summed E-state index contributed by atoms with van der Waals surface area (Å²) in [6.07, 6.45) is -13.0. The van der Waals surface area contributed by atoms with Crippen molar-refractivity contribution in [2.24, 2.45) is 0 Å². The van der Waals surface area contributed by atoms with Gasteiger partial charge in [-0.3, -0.25) is 0 Å². The summed E-state index contributed by atoms with van der Waals surface area (Å²) < 4.78 is 108. The molecule has 1 fully saturated rings. The van der Waals surface area contributed by atoms with E-state index in [0.717, 1.165) is 7.11 Å². The molecule has 0 aromatic heterocycles. The lowest BCUT2D eigenvalue weighted by Gasteiger charge is -2.28. The Bertz CT molecular complexity index is 970. The molecule has 4 atom stereocenters. The van der Waals surface area contributed by atoms with Crippen molar-refractivity contribution >= 4 is 6.16 Å². The Morgan fingerprint density at radius 3 is 1.94 bits per heavy atom. The zero-order valence-corrected chi connectivity index (χ0v) is 18.0. The summed E-state index contributed by atoms with van der Waals surface area (Å²) in [5.74, 6) is -1.16. The molecule has 0 saturated heterocycles. The van der Waals surface area contributed by atoms with Gasteiger partial charge in [0.05, 0.1) is 30.4 Å². The van der Waals surface area contributed by atoms with Crippen molar-refractivity contribution in [1.82, 2.24) is 0 Å². The Morgan fingerprint density at radius 1 is 0.912 bits per heavy atom. The fourth-order valence-electron chi connectivity index (χ4n) is 4.05. The van der Waals surface area contributed by atoms with Crippen molar-refractivity contribution in [3.63, 3.8) is 0 Å². The van der Waals surface area contributed by atoms with Gasteiger partial charge in [0.2, 0.25) is 0 Å². The van der Waals surface area contributed by atoms with Crippen LogP contribution in [0, 0.1) is 5.82 Å². The minimum absolute atomic E-state index is 0.0489. The summed E-state index contributed by atoms with van der Waals surface area (Å²) in [6.45, 7) is 1.34. The average Bonchev–Trinajstić information content (AvgIpc) is 3.14. The van der Waals surface area contributed by atoms with E-state index in [4.69, 9.17) is 9.47 Å². The van der Waals surface area contributed by atoms with Crippen LogP contribution in [0.2, 0.25) is 0 Å². The Balaban J connectivity index is 1.92. The molecule has 0 radical (unpaired) electrons. The first kappa shape index (κ1) is 25.8. The lowest BCUT2D eigenvalue weighted by atomic mass is 9.93. The number of rotatable bonds is 5. The van der Waals surface area contributed by atoms with Gasteiger partial charge in [0, 0.05) is 5.92 Å². The summed E-state index contributed by atoms with van der Waals surface area (Å²) >= 11 is 0. The SMILES string of the molecule is COC(=O)O[C@@H]1CC[C@H](O[C@H](C)c2cc(C(F)(F)F)cc(C(F)(F)F)c2)[C@H]1c1ccc(F)cc1. The first-order chi connectivity index (χ1) is 15.8. The summed E-state index contributed by atoms with van der Waals surface area (Å²) in [4.78, 5) is 11.7. The largest absolute Gasteiger partial charge is 0.508 e. The molecule has 3 rings (SSSR count). The molecule has 0 heterocycles. The van der Waals surface area contributed by atoms with Gasteiger partial charge in [0.15, 0.2) is 0 Å². The van der Waals surface area contributed by atoms with Crippen molar-refractivity contribution in [3.8, 4) is 0 Å². The third kappa shape index (κ3) is 5.99. The van der Waals surface area contributed by atoms with Gasteiger partial charge in [0.25, 0.3) is 0 Å². The quantitative estimate of drug-likeness (QED) is 0.331. The zero-order chi connectivity index (χ0) is 25.3. The standard InChI is InChI=1S/C23H21F7O4/c1-12(14-9-15(22(25,26)27)11-16(10-14)23(28,29)30)33-18-7-8-19(34-21(31)32-2)20(18)13-3-5-17(24)6-4-13/h3-6,9-12,18-20H,7-8H2,1-2H3/t12-,18+,19-,20-/m1/s1. The molecule has 0 unspecified atom stereocenters. The smallest absolute Gasteiger partial charge is 0.438 e. The van der Waals surface area contributed by atoms with Crippen molar-refractivity contribution in [2.75, 3.05) is 7.11 Å². The lowest BCUT2D eigenvalue weighted by molar-refractivity contribution is -0.143. The topological polar surface area (TPSA) is 44.8 Å². The zero-order valence-electron chi connectivity index (χ0n) is 18.0. The maximum Gasteiger partial charge on any atom is 0.508 e. The Morgan fingerprint density at radius 2 is 1.44 bits per heavy atom. The van der Waals surface area contributed by atoms with Gasteiger partial charge in [-0.05, 0) is 61.2 Å². The molecule has 34 heavy (non-hydrogen) atoms. The molecule has 2 aromatic rings. The van der Waals surface area contributed by atoms with Gasteiger partial charge in [0.1, 0.15) is 11.9 Å². The molecular weight excluding hydrogens is 473 g/mol. The fourth-order valence-corrected chi connectivity index (χ4v) is 4.05. The maximum atomic E-state index is 13.4. The van der Waals surface area contributed by atoms with Gasteiger partial charge in [-0.15, -0.1) is 0 Å². The first-order valence-electron chi connectivity index (χ1n) is 10.2. The van der Waals surface area contributed by atoms with E-state index in [1.165, 1.54) is 31.2 Å². The van der Waals surface area contributed by atoms with Crippen LogP contribution in [0.3, 0.4) is 0 Å². The maximum absolute atomic E-state index is 13.4. The third-order valence-corrected chi connectivity index (χ3v) is 5.66. The van der Waals surface area contributed by atoms with E-state index in [1.54, 1.807) is 0 Å². The molecule has 4 nitrogen and oxygen atoms in total. The molecule has 0 N–H and O–H groups in total. The number of halogens is 7. The first-order valence-corrected chi connectivity index (χ1v) is 10.2. The van der Waals surface area contributed by atoms with Gasteiger partial charge in [-0.2, -0.15) is 26.3 Å². The number of ether oxygens (including phenoxy) is 3. The second-order valence-corrected chi connectivity index (χ2v) is 7.92. The van der Waals surface area contributed by atoms with Gasteiger partial charge >= 0.3 is 18.5 Å². The van der Waals surface area contributed by atoms with E-state index in [9.17, 15) is 35.5 Å². The predicted octanol–water partition coefficient (Wildman–Crippen LogP) is 7.04. The number of carbonyl (C=O) groups is 1. The van der Waals surface area contributed by atoms with E-state index in [1.807, 2.05) is 0 Å². The van der Waals surface area contributed by atoms with E-state index < -0.39 is 59.7 Å². The van der Waals surface area contributed by atoms with Crippen LogP contribution in [-0.4, -0.2) is 25.5 Å². The molecule has 2 aromatic carbocycles. The third-order valence-electron chi connectivity index (χ3n) is 5.66. The normalized spacial score (nSPS) is 21.9. The molecule has 1 saturated carbocycles. The molecule has 0 bridgehead atoms. The van der Waals surface area contributed by atoms with Crippen LogP contribution < -0.4 is 0 Å². The van der Waals surface area contributed by atoms with Crippen LogP contribution in [0.4, 0.5) is 35.5 Å². The summed E-state index contributed by atoms with van der Waals surface area (Å²) in [5.41, 5.74) is -2.66. The van der Waals surface area contributed by atoms with Crippen molar-refractivity contribution in [3.05, 3.63) is 70.5 Å². The highest BCUT2D eigenvalue weighted by Crippen LogP contribution is 2.43. The molecular formula is C23H21F7O4. The number of hydrogen-bond acceptors (Lipinski definition) is 4. The van der Waals surface area contributed by atoms with Crippen molar-refractivity contribution in [1.29, 1.82) is 0 Å². The summed E-state index contributed by atoms with van der Waals surface area (Å²) in [5, 5.41) is 0. The van der Waals surface area contributed by atoms with Gasteiger partial charge in [-0.1, -0.05) is 12.1 Å². The molecule has 1 aliphatic carbocycles. The highest BCUT2D eigenvalue weighted by atomic mass is 19.4. The number of carbonyl (C=O) groups excluding carboxylic acids is 1. The van der Waals surface area contributed by atoms with E-state index in [2.05, 4.69) is 4.74 Å². The minimum atomic E-state index is -4.99. The van der Waals surface area contributed by atoms with Gasteiger partial charge < -0.3 is 14.2 Å². The number of alkyl halides is 6. The average molecular weight is 494 g/mol. The summed E-state index contributed by atoms with van der Waals surface area (Å²) in [6, 6.07) is 6.55. The number of benzene rings is 2. The van der Waals surface area contributed by atoms with Crippen LogP contribution in [0.5, 0.6) is 0 Å².